The monoisotopic (exact) mass is 284 g/mol. The van der Waals surface area contributed by atoms with E-state index in [2.05, 4.69) is 16.5 Å². The van der Waals surface area contributed by atoms with E-state index in [-0.39, 0.29) is 0 Å². The van der Waals surface area contributed by atoms with Crippen LogP contribution in [0.5, 0.6) is 11.5 Å². The number of pyridine rings is 1. The van der Waals surface area contributed by atoms with Crippen molar-refractivity contribution in [3.8, 4) is 28.7 Å². The number of nitriles is 1. The summed E-state index contributed by atoms with van der Waals surface area (Å²) in [6.07, 6.45) is 0. The van der Waals surface area contributed by atoms with E-state index in [4.69, 9.17) is 20.6 Å². The number of hydrazine groups is 1. The van der Waals surface area contributed by atoms with Gasteiger partial charge in [0.2, 0.25) is 0 Å². The number of hydrogen-bond donors (Lipinski definition) is 2. The molecule has 3 N–H and O–H groups in total. The third kappa shape index (κ3) is 2.73. The Labute approximate surface area is 123 Å². The molecule has 6 heteroatoms. The van der Waals surface area contributed by atoms with Crippen molar-refractivity contribution in [2.45, 2.75) is 6.92 Å². The fourth-order valence-corrected chi connectivity index (χ4v) is 2.10. The van der Waals surface area contributed by atoms with Gasteiger partial charge in [-0.15, -0.1) is 0 Å². The summed E-state index contributed by atoms with van der Waals surface area (Å²) in [6.45, 7) is 1.86. The second kappa shape index (κ2) is 6.11. The van der Waals surface area contributed by atoms with Gasteiger partial charge >= 0.3 is 0 Å². The van der Waals surface area contributed by atoms with Gasteiger partial charge in [-0.25, -0.2) is 10.8 Å². The maximum atomic E-state index is 9.16. The van der Waals surface area contributed by atoms with Crippen LogP contribution in [0.4, 0.5) is 5.82 Å². The van der Waals surface area contributed by atoms with Gasteiger partial charge in [0, 0.05) is 11.3 Å². The quantitative estimate of drug-likeness (QED) is 0.660. The van der Waals surface area contributed by atoms with E-state index in [1.54, 1.807) is 20.3 Å². The SMILES string of the molecule is COc1ccc(-c2cc(C#N)c(NN)nc2C)cc1OC. The summed E-state index contributed by atoms with van der Waals surface area (Å²) in [5, 5.41) is 9.16. The van der Waals surface area contributed by atoms with Crippen LogP contribution in [0, 0.1) is 18.3 Å². The average Bonchev–Trinajstić information content (AvgIpc) is 2.53. The molecule has 2 aromatic rings. The van der Waals surface area contributed by atoms with Crippen LogP contribution in [0.1, 0.15) is 11.3 Å². The fraction of sp³-hybridized carbons (Fsp3) is 0.200. The molecule has 0 aliphatic rings. The Hall–Kier alpha value is -2.78. The number of nitrogens with two attached hydrogens (primary N) is 1. The molecule has 0 saturated carbocycles. The topological polar surface area (TPSA) is 93.2 Å². The lowest BCUT2D eigenvalue weighted by Gasteiger charge is -2.12. The molecule has 21 heavy (non-hydrogen) atoms. The van der Waals surface area contributed by atoms with Crippen LogP contribution in [-0.4, -0.2) is 19.2 Å². The molecule has 0 aliphatic heterocycles. The van der Waals surface area contributed by atoms with Gasteiger partial charge in [0.15, 0.2) is 17.3 Å². The summed E-state index contributed by atoms with van der Waals surface area (Å²) in [4.78, 5) is 4.31. The highest BCUT2D eigenvalue weighted by Crippen LogP contribution is 2.34. The summed E-state index contributed by atoms with van der Waals surface area (Å²) < 4.78 is 10.5. The van der Waals surface area contributed by atoms with Crippen molar-refractivity contribution in [2.24, 2.45) is 5.84 Å². The molecule has 0 unspecified atom stereocenters. The maximum absolute atomic E-state index is 9.16. The van der Waals surface area contributed by atoms with Gasteiger partial charge in [0.25, 0.3) is 0 Å². The number of ether oxygens (including phenoxy) is 2. The molecule has 1 aromatic carbocycles. The van der Waals surface area contributed by atoms with Crippen LogP contribution in [-0.2, 0) is 0 Å². The summed E-state index contributed by atoms with van der Waals surface area (Å²) in [5.41, 5.74) is 5.30. The first-order valence-corrected chi connectivity index (χ1v) is 6.25. The lowest BCUT2D eigenvalue weighted by Crippen LogP contribution is -2.11. The number of aryl methyl sites for hydroxylation is 1. The van der Waals surface area contributed by atoms with Crippen molar-refractivity contribution in [1.82, 2.24) is 4.98 Å². The minimum Gasteiger partial charge on any atom is -0.493 e. The van der Waals surface area contributed by atoms with Crippen LogP contribution in [0.3, 0.4) is 0 Å². The van der Waals surface area contributed by atoms with Crippen molar-refractivity contribution in [3.63, 3.8) is 0 Å². The molecule has 0 saturated heterocycles. The first-order chi connectivity index (χ1) is 10.1. The Balaban J connectivity index is 2.59. The molecule has 1 heterocycles. The predicted molar refractivity (Wildman–Crippen MR) is 80.0 cm³/mol. The lowest BCUT2D eigenvalue weighted by atomic mass is 10.0. The van der Waals surface area contributed by atoms with Crippen molar-refractivity contribution in [3.05, 3.63) is 35.5 Å². The zero-order valence-corrected chi connectivity index (χ0v) is 12.1. The van der Waals surface area contributed by atoms with E-state index in [1.165, 1.54) is 0 Å². The maximum Gasteiger partial charge on any atom is 0.161 e. The molecule has 0 spiro atoms. The van der Waals surface area contributed by atoms with Crippen LogP contribution < -0.4 is 20.7 Å². The number of nitrogen functional groups attached to an aromatic ring is 1. The molecular formula is C15H16N4O2. The Bertz CT molecular complexity index is 708. The molecule has 0 radical (unpaired) electrons. The van der Waals surface area contributed by atoms with Gasteiger partial charge in [-0.05, 0) is 30.7 Å². The summed E-state index contributed by atoms with van der Waals surface area (Å²) in [7, 11) is 3.16. The molecule has 0 fully saturated rings. The molecule has 0 atom stereocenters. The Morgan fingerprint density at radius 1 is 1.19 bits per heavy atom. The molecule has 6 nitrogen and oxygen atoms in total. The average molecular weight is 284 g/mol. The second-order valence-electron chi connectivity index (χ2n) is 4.34. The van der Waals surface area contributed by atoms with E-state index in [1.807, 2.05) is 25.1 Å². The van der Waals surface area contributed by atoms with Gasteiger partial charge in [-0.2, -0.15) is 5.26 Å². The fourth-order valence-electron chi connectivity index (χ4n) is 2.10. The third-order valence-electron chi connectivity index (χ3n) is 3.16. The van der Waals surface area contributed by atoms with E-state index in [0.717, 1.165) is 16.8 Å². The van der Waals surface area contributed by atoms with E-state index >= 15 is 0 Å². The van der Waals surface area contributed by atoms with Gasteiger partial charge in [-0.1, -0.05) is 6.07 Å². The van der Waals surface area contributed by atoms with Gasteiger partial charge in [0.05, 0.1) is 19.8 Å². The number of hydrogen-bond acceptors (Lipinski definition) is 6. The Kier molecular flexibility index (Phi) is 4.26. The van der Waals surface area contributed by atoms with Crippen molar-refractivity contribution >= 4 is 5.82 Å². The number of anilines is 1. The standard InChI is InChI=1S/C15H16N4O2/c1-9-12(6-11(8-16)15(18-9)19-17)10-4-5-13(20-2)14(7-10)21-3/h4-7H,17H2,1-3H3,(H,18,19). The molecule has 0 bridgehead atoms. The zero-order valence-electron chi connectivity index (χ0n) is 12.1. The Morgan fingerprint density at radius 3 is 2.48 bits per heavy atom. The molecular weight excluding hydrogens is 268 g/mol. The molecule has 108 valence electrons. The third-order valence-corrected chi connectivity index (χ3v) is 3.16. The van der Waals surface area contributed by atoms with E-state index < -0.39 is 0 Å². The van der Waals surface area contributed by atoms with E-state index in [0.29, 0.717) is 22.9 Å². The molecule has 1 aromatic heterocycles. The summed E-state index contributed by atoms with van der Waals surface area (Å²) in [5.74, 6) is 6.99. The lowest BCUT2D eigenvalue weighted by molar-refractivity contribution is 0.355. The van der Waals surface area contributed by atoms with Crippen LogP contribution >= 0.6 is 0 Å². The van der Waals surface area contributed by atoms with Crippen LogP contribution in [0.2, 0.25) is 0 Å². The summed E-state index contributed by atoms with van der Waals surface area (Å²) in [6, 6.07) is 9.37. The van der Waals surface area contributed by atoms with Gasteiger partial charge in [0.1, 0.15) is 6.07 Å². The zero-order chi connectivity index (χ0) is 15.4. The number of aromatic nitrogens is 1. The van der Waals surface area contributed by atoms with Crippen molar-refractivity contribution < 1.29 is 9.47 Å². The highest BCUT2D eigenvalue weighted by Gasteiger charge is 2.12. The Morgan fingerprint density at radius 2 is 1.90 bits per heavy atom. The normalized spacial score (nSPS) is 9.86. The number of benzene rings is 1. The van der Waals surface area contributed by atoms with Crippen LogP contribution in [0.25, 0.3) is 11.1 Å². The predicted octanol–water partition coefficient (Wildman–Crippen LogP) is 2.23. The smallest absolute Gasteiger partial charge is 0.161 e. The van der Waals surface area contributed by atoms with Crippen LogP contribution in [0.15, 0.2) is 24.3 Å². The summed E-state index contributed by atoms with van der Waals surface area (Å²) >= 11 is 0. The highest BCUT2D eigenvalue weighted by atomic mass is 16.5. The van der Waals surface area contributed by atoms with Gasteiger partial charge < -0.3 is 14.9 Å². The largest absolute Gasteiger partial charge is 0.493 e. The number of nitrogens with zero attached hydrogens (tertiary/aromatic N) is 2. The number of methoxy groups -OCH3 is 2. The molecule has 0 aliphatic carbocycles. The minimum atomic E-state index is 0.360. The van der Waals surface area contributed by atoms with Crippen molar-refractivity contribution in [1.29, 1.82) is 5.26 Å². The van der Waals surface area contributed by atoms with Crippen molar-refractivity contribution in [2.75, 3.05) is 19.6 Å². The molecule has 0 amide bonds. The second-order valence-corrected chi connectivity index (χ2v) is 4.34. The van der Waals surface area contributed by atoms with E-state index in [9.17, 15) is 0 Å². The molecule has 2 rings (SSSR count). The minimum absolute atomic E-state index is 0.360. The first-order valence-electron chi connectivity index (χ1n) is 6.25. The number of rotatable bonds is 4. The number of nitrogens with one attached hydrogen (secondary N) is 1. The first kappa shape index (κ1) is 14.6. The van der Waals surface area contributed by atoms with Gasteiger partial charge in [-0.3, -0.25) is 0 Å². The highest BCUT2D eigenvalue weighted by molar-refractivity contribution is 5.72.